The molecule has 2 aromatic rings. The SMILES string of the molecule is CC[C@@H]1[C@@H]2c3cc4ccccc4n3CCN2CCC12OCCO2. The van der Waals surface area contributed by atoms with Crippen LogP contribution in [0.25, 0.3) is 10.9 Å². The quantitative estimate of drug-likeness (QED) is 0.809. The van der Waals surface area contributed by atoms with Crippen LogP contribution in [0.1, 0.15) is 31.5 Å². The Balaban J connectivity index is 1.65. The first-order valence-corrected chi connectivity index (χ1v) is 8.92. The van der Waals surface area contributed by atoms with Gasteiger partial charge in [-0.15, -0.1) is 0 Å². The molecule has 0 amide bonds. The number of rotatable bonds is 1. The third-order valence-electron chi connectivity index (χ3n) is 6.06. The first kappa shape index (κ1) is 14.0. The van der Waals surface area contributed by atoms with Crippen molar-refractivity contribution in [2.75, 3.05) is 26.3 Å². The van der Waals surface area contributed by atoms with Crippen LogP contribution in [0.15, 0.2) is 30.3 Å². The number of nitrogens with zero attached hydrogens (tertiary/aromatic N) is 2. The average molecular weight is 312 g/mol. The third-order valence-corrected chi connectivity index (χ3v) is 6.06. The number of hydrogen-bond acceptors (Lipinski definition) is 3. The second kappa shape index (κ2) is 5.07. The van der Waals surface area contributed by atoms with E-state index in [0.29, 0.717) is 12.0 Å². The van der Waals surface area contributed by atoms with Crippen LogP contribution in [0.3, 0.4) is 0 Å². The largest absolute Gasteiger partial charge is 0.347 e. The van der Waals surface area contributed by atoms with E-state index in [9.17, 15) is 0 Å². The summed E-state index contributed by atoms with van der Waals surface area (Å²) in [7, 11) is 0. The molecule has 23 heavy (non-hydrogen) atoms. The van der Waals surface area contributed by atoms with Gasteiger partial charge in [-0.1, -0.05) is 25.1 Å². The fourth-order valence-electron chi connectivity index (χ4n) is 5.08. The monoisotopic (exact) mass is 312 g/mol. The number of para-hydroxylation sites is 1. The summed E-state index contributed by atoms with van der Waals surface area (Å²) in [5.41, 5.74) is 2.81. The molecule has 0 unspecified atom stereocenters. The molecule has 2 atom stereocenters. The molecule has 2 fully saturated rings. The van der Waals surface area contributed by atoms with Gasteiger partial charge in [0.05, 0.1) is 19.3 Å². The maximum atomic E-state index is 6.16. The minimum atomic E-state index is -0.353. The van der Waals surface area contributed by atoms with Gasteiger partial charge in [-0.25, -0.2) is 0 Å². The lowest BCUT2D eigenvalue weighted by atomic mass is 9.79. The number of benzene rings is 1. The Morgan fingerprint density at radius 2 is 1.96 bits per heavy atom. The fourth-order valence-corrected chi connectivity index (χ4v) is 5.08. The maximum Gasteiger partial charge on any atom is 0.174 e. The molecule has 0 aliphatic carbocycles. The third kappa shape index (κ3) is 1.89. The molecule has 0 bridgehead atoms. The van der Waals surface area contributed by atoms with E-state index in [2.05, 4.69) is 46.7 Å². The molecule has 3 aliphatic rings. The van der Waals surface area contributed by atoms with Gasteiger partial charge in [0.1, 0.15) is 0 Å². The van der Waals surface area contributed by atoms with Gasteiger partial charge in [-0.05, 0) is 23.9 Å². The standard InChI is InChI=1S/C19H24N2O2/c1-2-15-18-17-13-14-5-3-4-6-16(14)21(17)10-9-20(18)8-7-19(15)22-11-12-23-19/h3-6,13,15,18H,2,7-12H2,1H3/t15-,18-/m1/s1. The summed E-state index contributed by atoms with van der Waals surface area (Å²) in [5.74, 6) is 0.0521. The number of hydrogen-bond donors (Lipinski definition) is 0. The van der Waals surface area contributed by atoms with E-state index in [-0.39, 0.29) is 5.79 Å². The molecule has 1 spiro atoms. The zero-order valence-electron chi connectivity index (χ0n) is 13.7. The Kier molecular flexibility index (Phi) is 3.09. The highest BCUT2D eigenvalue weighted by Crippen LogP contribution is 2.49. The summed E-state index contributed by atoms with van der Waals surface area (Å²) in [4.78, 5) is 2.65. The fraction of sp³-hybridized carbons (Fsp3) is 0.579. The summed E-state index contributed by atoms with van der Waals surface area (Å²) >= 11 is 0. The van der Waals surface area contributed by atoms with Crippen molar-refractivity contribution >= 4 is 10.9 Å². The van der Waals surface area contributed by atoms with Crippen LogP contribution in [0.5, 0.6) is 0 Å². The summed E-state index contributed by atoms with van der Waals surface area (Å²) in [5, 5.41) is 1.35. The number of aromatic nitrogens is 1. The lowest BCUT2D eigenvalue weighted by molar-refractivity contribution is -0.240. The second-order valence-corrected chi connectivity index (χ2v) is 7.03. The zero-order chi connectivity index (χ0) is 15.4. The van der Waals surface area contributed by atoms with Gasteiger partial charge in [-0.3, -0.25) is 4.90 Å². The Labute approximate surface area is 137 Å². The van der Waals surface area contributed by atoms with Crippen LogP contribution in [-0.2, 0) is 16.0 Å². The number of fused-ring (bicyclic) bond motifs is 5. The predicted molar refractivity (Wildman–Crippen MR) is 89.3 cm³/mol. The molecule has 1 aromatic carbocycles. The van der Waals surface area contributed by atoms with E-state index >= 15 is 0 Å². The van der Waals surface area contributed by atoms with Crippen LogP contribution >= 0.6 is 0 Å². The molecule has 1 aromatic heterocycles. The van der Waals surface area contributed by atoms with E-state index in [1.807, 2.05) is 0 Å². The molecule has 4 nitrogen and oxygen atoms in total. The lowest BCUT2D eigenvalue weighted by Crippen LogP contribution is -2.56. The number of piperidine rings is 1. The van der Waals surface area contributed by atoms with Crippen molar-refractivity contribution in [1.29, 1.82) is 0 Å². The Hall–Kier alpha value is -1.36. The first-order chi connectivity index (χ1) is 11.3. The Morgan fingerprint density at radius 1 is 1.13 bits per heavy atom. The van der Waals surface area contributed by atoms with E-state index < -0.39 is 0 Å². The van der Waals surface area contributed by atoms with Gasteiger partial charge in [0, 0.05) is 43.2 Å². The van der Waals surface area contributed by atoms with E-state index in [1.165, 1.54) is 16.6 Å². The Bertz CT molecular complexity index is 732. The summed E-state index contributed by atoms with van der Waals surface area (Å²) in [6.07, 6.45) is 2.09. The Morgan fingerprint density at radius 3 is 2.78 bits per heavy atom. The molecule has 4 heterocycles. The van der Waals surface area contributed by atoms with Crippen LogP contribution in [0, 0.1) is 5.92 Å². The highest BCUT2D eigenvalue weighted by Gasteiger charge is 2.53. The van der Waals surface area contributed by atoms with Crippen molar-refractivity contribution in [2.24, 2.45) is 5.92 Å². The van der Waals surface area contributed by atoms with Crippen LogP contribution in [0.4, 0.5) is 0 Å². The summed E-state index contributed by atoms with van der Waals surface area (Å²) < 4.78 is 14.9. The van der Waals surface area contributed by atoms with Gasteiger partial charge >= 0.3 is 0 Å². The minimum absolute atomic E-state index is 0.353. The van der Waals surface area contributed by atoms with Gasteiger partial charge in [0.15, 0.2) is 5.79 Å². The summed E-state index contributed by atoms with van der Waals surface area (Å²) in [6.45, 7) is 7.05. The van der Waals surface area contributed by atoms with E-state index in [4.69, 9.17) is 9.47 Å². The molecule has 0 radical (unpaired) electrons. The van der Waals surface area contributed by atoms with Crippen LogP contribution in [0.2, 0.25) is 0 Å². The van der Waals surface area contributed by atoms with Crippen LogP contribution in [-0.4, -0.2) is 41.6 Å². The van der Waals surface area contributed by atoms with Crippen molar-refractivity contribution in [2.45, 2.75) is 38.1 Å². The molecule has 122 valence electrons. The molecule has 2 saturated heterocycles. The highest BCUT2D eigenvalue weighted by molar-refractivity contribution is 5.81. The zero-order valence-corrected chi connectivity index (χ0v) is 13.7. The van der Waals surface area contributed by atoms with Crippen molar-refractivity contribution in [1.82, 2.24) is 9.47 Å². The average Bonchev–Trinajstić information content (AvgIpc) is 3.20. The van der Waals surface area contributed by atoms with Gasteiger partial charge < -0.3 is 14.0 Å². The van der Waals surface area contributed by atoms with Crippen molar-refractivity contribution in [3.8, 4) is 0 Å². The minimum Gasteiger partial charge on any atom is -0.347 e. The molecule has 4 heteroatoms. The predicted octanol–water partition coefficient (Wildman–Crippen LogP) is 3.17. The van der Waals surface area contributed by atoms with E-state index in [0.717, 1.165) is 45.7 Å². The highest BCUT2D eigenvalue weighted by atomic mass is 16.7. The first-order valence-electron chi connectivity index (χ1n) is 8.92. The topological polar surface area (TPSA) is 26.6 Å². The lowest BCUT2D eigenvalue weighted by Gasteiger charge is -2.51. The molecule has 0 saturated carbocycles. The van der Waals surface area contributed by atoms with Crippen molar-refractivity contribution < 1.29 is 9.47 Å². The van der Waals surface area contributed by atoms with E-state index in [1.54, 1.807) is 0 Å². The molecule has 3 aliphatic heterocycles. The van der Waals surface area contributed by atoms with Gasteiger partial charge in [-0.2, -0.15) is 0 Å². The molecular formula is C19H24N2O2. The van der Waals surface area contributed by atoms with Gasteiger partial charge in [0.25, 0.3) is 0 Å². The van der Waals surface area contributed by atoms with Crippen molar-refractivity contribution in [3.05, 3.63) is 36.0 Å². The molecule has 5 rings (SSSR count). The second-order valence-electron chi connectivity index (χ2n) is 7.03. The molecular weight excluding hydrogens is 288 g/mol. The van der Waals surface area contributed by atoms with Crippen molar-refractivity contribution in [3.63, 3.8) is 0 Å². The normalized spacial score (nSPS) is 29.8. The van der Waals surface area contributed by atoms with Crippen LogP contribution < -0.4 is 0 Å². The van der Waals surface area contributed by atoms with Gasteiger partial charge in [0.2, 0.25) is 0 Å². The number of ether oxygens (including phenoxy) is 2. The smallest absolute Gasteiger partial charge is 0.174 e. The molecule has 0 N–H and O–H groups in total. The maximum absolute atomic E-state index is 6.16. The summed E-state index contributed by atoms with van der Waals surface area (Å²) in [6, 6.07) is 11.6.